The van der Waals surface area contributed by atoms with Gasteiger partial charge >= 0.3 is 0 Å². The molecule has 2 aliphatic rings. The van der Waals surface area contributed by atoms with E-state index < -0.39 is 17.0 Å². The van der Waals surface area contributed by atoms with Crippen LogP contribution in [-0.4, -0.2) is 41.2 Å². The molecule has 1 aromatic carbocycles. The first-order valence-electron chi connectivity index (χ1n) is 9.05. The number of piperidine rings is 1. The van der Waals surface area contributed by atoms with Gasteiger partial charge in [-0.05, 0) is 49.1 Å². The number of hydrogen-bond donors (Lipinski definition) is 0. The first-order chi connectivity index (χ1) is 13.0. The van der Waals surface area contributed by atoms with Gasteiger partial charge < -0.3 is 14.2 Å². The first-order valence-corrected chi connectivity index (χ1v) is 9.05. The van der Waals surface area contributed by atoms with Gasteiger partial charge in [-0.25, -0.2) is 8.78 Å². The van der Waals surface area contributed by atoms with E-state index in [0.29, 0.717) is 31.6 Å². The van der Waals surface area contributed by atoms with E-state index in [1.54, 1.807) is 21.9 Å². The number of rotatable bonds is 3. The normalized spacial score (nSPS) is 22.7. The van der Waals surface area contributed by atoms with Crippen molar-refractivity contribution in [1.82, 2.24) is 9.80 Å². The summed E-state index contributed by atoms with van der Waals surface area (Å²) in [6, 6.07) is 6.98. The van der Waals surface area contributed by atoms with Gasteiger partial charge in [0.2, 0.25) is 5.91 Å². The number of carbonyl (C=O) groups excluding carboxylic acids is 2. The molecule has 1 atom stereocenters. The van der Waals surface area contributed by atoms with E-state index in [9.17, 15) is 18.4 Å². The smallest absolute Gasteiger partial charge is 0.289 e. The van der Waals surface area contributed by atoms with Crippen LogP contribution in [0, 0.1) is 17.0 Å². The van der Waals surface area contributed by atoms with Crippen molar-refractivity contribution in [2.75, 3.05) is 19.6 Å². The van der Waals surface area contributed by atoms with E-state index >= 15 is 0 Å². The standard InChI is InChI=1S/C20H20F2N2O3/c21-15-5-4-14(11-16(15)22)12-23-8-2-6-20(19(23)26)7-9-24(13-20)18(25)17-3-1-10-27-17/h1,3-5,10-11H,2,6-9,12-13H2/t20-/m0/s1. The number of nitrogens with zero attached hydrogens (tertiary/aromatic N) is 2. The van der Waals surface area contributed by atoms with Gasteiger partial charge in [-0.15, -0.1) is 0 Å². The maximum atomic E-state index is 13.5. The molecule has 0 radical (unpaired) electrons. The van der Waals surface area contributed by atoms with Crippen LogP contribution in [0.1, 0.15) is 35.4 Å². The Morgan fingerprint density at radius 1 is 1.15 bits per heavy atom. The van der Waals surface area contributed by atoms with Gasteiger partial charge in [0.1, 0.15) is 0 Å². The van der Waals surface area contributed by atoms with E-state index in [1.165, 1.54) is 12.3 Å². The Morgan fingerprint density at radius 3 is 2.74 bits per heavy atom. The van der Waals surface area contributed by atoms with Crippen molar-refractivity contribution in [2.24, 2.45) is 5.41 Å². The second-order valence-electron chi connectivity index (χ2n) is 7.31. The summed E-state index contributed by atoms with van der Waals surface area (Å²) in [4.78, 5) is 29.0. The third-order valence-electron chi connectivity index (χ3n) is 5.55. The van der Waals surface area contributed by atoms with Gasteiger partial charge in [0.25, 0.3) is 5.91 Å². The number of furan rings is 1. The summed E-state index contributed by atoms with van der Waals surface area (Å²) in [7, 11) is 0. The Morgan fingerprint density at radius 2 is 2.00 bits per heavy atom. The quantitative estimate of drug-likeness (QED) is 0.829. The Labute approximate surface area is 155 Å². The fourth-order valence-corrected chi connectivity index (χ4v) is 4.14. The number of amides is 2. The molecule has 1 aromatic heterocycles. The highest BCUT2D eigenvalue weighted by atomic mass is 19.2. The van der Waals surface area contributed by atoms with Crippen LogP contribution in [0.25, 0.3) is 0 Å². The fraction of sp³-hybridized carbons (Fsp3) is 0.400. The Balaban J connectivity index is 1.48. The maximum Gasteiger partial charge on any atom is 0.289 e. The van der Waals surface area contributed by atoms with Gasteiger partial charge in [0, 0.05) is 26.2 Å². The van der Waals surface area contributed by atoms with Crippen molar-refractivity contribution in [3.63, 3.8) is 0 Å². The minimum atomic E-state index is -0.914. The summed E-state index contributed by atoms with van der Waals surface area (Å²) in [5, 5.41) is 0. The second kappa shape index (κ2) is 6.79. The zero-order chi connectivity index (χ0) is 19.0. The van der Waals surface area contributed by atoms with Crippen LogP contribution in [0.15, 0.2) is 41.0 Å². The lowest BCUT2D eigenvalue weighted by Crippen LogP contribution is -2.50. The predicted molar refractivity (Wildman–Crippen MR) is 92.7 cm³/mol. The van der Waals surface area contributed by atoms with Crippen LogP contribution >= 0.6 is 0 Å². The molecule has 1 spiro atoms. The summed E-state index contributed by atoms with van der Waals surface area (Å²) in [5.41, 5.74) is -0.0418. The summed E-state index contributed by atoms with van der Waals surface area (Å²) >= 11 is 0. The van der Waals surface area contributed by atoms with Crippen molar-refractivity contribution < 1.29 is 22.8 Å². The van der Waals surface area contributed by atoms with Crippen LogP contribution in [0.3, 0.4) is 0 Å². The highest BCUT2D eigenvalue weighted by Gasteiger charge is 2.49. The van der Waals surface area contributed by atoms with Crippen molar-refractivity contribution in [3.05, 3.63) is 59.6 Å². The molecule has 0 aliphatic carbocycles. The van der Waals surface area contributed by atoms with Crippen LogP contribution in [-0.2, 0) is 11.3 Å². The molecule has 4 rings (SSSR count). The summed E-state index contributed by atoms with van der Waals surface area (Å²) in [5.74, 6) is -1.77. The average molecular weight is 374 g/mol. The van der Waals surface area contributed by atoms with Gasteiger partial charge in [-0.3, -0.25) is 9.59 Å². The van der Waals surface area contributed by atoms with Gasteiger partial charge in [0.05, 0.1) is 11.7 Å². The number of likely N-dealkylation sites (tertiary alicyclic amines) is 2. The van der Waals surface area contributed by atoms with E-state index in [2.05, 4.69) is 0 Å². The van der Waals surface area contributed by atoms with E-state index in [4.69, 9.17) is 4.42 Å². The zero-order valence-corrected chi connectivity index (χ0v) is 14.8. The molecule has 2 fully saturated rings. The number of hydrogen-bond acceptors (Lipinski definition) is 3. The van der Waals surface area contributed by atoms with Crippen molar-refractivity contribution in [1.29, 1.82) is 0 Å². The van der Waals surface area contributed by atoms with Crippen molar-refractivity contribution in [3.8, 4) is 0 Å². The lowest BCUT2D eigenvalue weighted by atomic mass is 9.78. The van der Waals surface area contributed by atoms with Crippen LogP contribution in [0.4, 0.5) is 8.78 Å². The predicted octanol–water partition coefficient (Wildman–Crippen LogP) is 3.21. The van der Waals surface area contributed by atoms with Crippen LogP contribution in [0.2, 0.25) is 0 Å². The monoisotopic (exact) mass is 374 g/mol. The molecule has 0 unspecified atom stereocenters. The van der Waals surface area contributed by atoms with Crippen molar-refractivity contribution in [2.45, 2.75) is 25.8 Å². The van der Waals surface area contributed by atoms with E-state index in [0.717, 1.165) is 25.0 Å². The number of benzene rings is 1. The van der Waals surface area contributed by atoms with Gasteiger partial charge in [-0.2, -0.15) is 0 Å². The molecule has 2 amide bonds. The first kappa shape index (κ1) is 17.7. The Bertz CT molecular complexity index is 868. The van der Waals surface area contributed by atoms with Gasteiger partial charge in [-0.1, -0.05) is 6.07 Å². The zero-order valence-electron chi connectivity index (χ0n) is 14.8. The Kier molecular flexibility index (Phi) is 4.45. The minimum absolute atomic E-state index is 0.0202. The van der Waals surface area contributed by atoms with Crippen LogP contribution < -0.4 is 0 Å². The molecule has 27 heavy (non-hydrogen) atoms. The highest BCUT2D eigenvalue weighted by molar-refractivity contribution is 5.93. The lowest BCUT2D eigenvalue weighted by Gasteiger charge is -2.39. The Hall–Kier alpha value is -2.70. The maximum absolute atomic E-state index is 13.5. The summed E-state index contributed by atoms with van der Waals surface area (Å²) in [6.45, 7) is 1.68. The number of carbonyl (C=O) groups is 2. The summed E-state index contributed by atoms with van der Waals surface area (Å²) in [6.07, 6.45) is 3.60. The third-order valence-corrected chi connectivity index (χ3v) is 5.55. The fourth-order valence-electron chi connectivity index (χ4n) is 4.14. The largest absolute Gasteiger partial charge is 0.459 e. The second-order valence-corrected chi connectivity index (χ2v) is 7.31. The van der Waals surface area contributed by atoms with E-state index in [1.807, 2.05) is 0 Å². The highest BCUT2D eigenvalue weighted by Crippen LogP contribution is 2.41. The molecular weight excluding hydrogens is 354 g/mol. The molecular formula is C20H20F2N2O3. The third kappa shape index (κ3) is 3.22. The molecule has 2 saturated heterocycles. The van der Waals surface area contributed by atoms with Gasteiger partial charge in [0.15, 0.2) is 17.4 Å². The molecule has 142 valence electrons. The SMILES string of the molecule is O=C(c1ccco1)N1CC[C@@]2(CCCN(Cc3ccc(F)c(F)c3)C2=O)C1. The molecule has 0 N–H and O–H groups in total. The molecule has 2 aromatic rings. The molecule has 0 saturated carbocycles. The summed E-state index contributed by atoms with van der Waals surface area (Å²) < 4.78 is 31.8. The molecule has 3 heterocycles. The molecule has 7 heteroatoms. The van der Waals surface area contributed by atoms with Crippen molar-refractivity contribution >= 4 is 11.8 Å². The van der Waals surface area contributed by atoms with E-state index in [-0.39, 0.29) is 24.1 Å². The average Bonchev–Trinajstić information content (AvgIpc) is 3.33. The minimum Gasteiger partial charge on any atom is -0.459 e. The lowest BCUT2D eigenvalue weighted by molar-refractivity contribution is -0.146. The molecule has 5 nitrogen and oxygen atoms in total. The topological polar surface area (TPSA) is 53.8 Å². The molecule has 0 bridgehead atoms. The molecule has 2 aliphatic heterocycles. The number of halogens is 2. The van der Waals surface area contributed by atoms with Crippen LogP contribution in [0.5, 0.6) is 0 Å².